The van der Waals surface area contributed by atoms with Crippen molar-refractivity contribution in [2.24, 2.45) is 10.9 Å². The zero-order chi connectivity index (χ0) is 13.9. The van der Waals surface area contributed by atoms with E-state index in [1.807, 2.05) is 18.2 Å². The first-order chi connectivity index (χ1) is 9.78. The van der Waals surface area contributed by atoms with Crippen LogP contribution in [0.5, 0.6) is 0 Å². The Bertz CT molecular complexity index is 502. The Hall–Kier alpha value is -1.59. The van der Waals surface area contributed by atoms with E-state index in [2.05, 4.69) is 21.4 Å². The van der Waals surface area contributed by atoms with Crippen LogP contribution in [-0.2, 0) is 6.54 Å². The number of benzene rings is 1. The van der Waals surface area contributed by atoms with E-state index in [0.717, 1.165) is 18.2 Å². The van der Waals surface area contributed by atoms with E-state index in [1.165, 1.54) is 37.9 Å². The second-order valence-corrected chi connectivity index (χ2v) is 5.71. The fourth-order valence-corrected chi connectivity index (χ4v) is 3.47. The van der Waals surface area contributed by atoms with Crippen LogP contribution in [0.2, 0.25) is 0 Å². The van der Waals surface area contributed by atoms with Crippen LogP contribution in [0.15, 0.2) is 29.4 Å². The number of amidine groups is 1. The van der Waals surface area contributed by atoms with E-state index < -0.39 is 0 Å². The van der Waals surface area contributed by atoms with Crippen LogP contribution in [0.25, 0.3) is 0 Å². The Morgan fingerprint density at radius 3 is 3.15 bits per heavy atom. The van der Waals surface area contributed by atoms with Crippen LogP contribution in [0, 0.1) is 0 Å². The van der Waals surface area contributed by atoms with Crippen LogP contribution in [0.4, 0.5) is 0 Å². The van der Waals surface area contributed by atoms with Crippen LogP contribution < -0.4 is 11.1 Å². The molecule has 5 nitrogen and oxygen atoms in total. The molecule has 3 rings (SSSR count). The van der Waals surface area contributed by atoms with Crippen molar-refractivity contribution in [3.8, 4) is 0 Å². The molecule has 0 saturated carbocycles. The first-order valence-electron chi connectivity index (χ1n) is 7.32. The first kappa shape index (κ1) is 13.4. The molecule has 4 N–H and O–H groups in total. The molecule has 2 heterocycles. The second kappa shape index (κ2) is 5.81. The largest absolute Gasteiger partial charge is 0.409 e. The molecule has 2 saturated heterocycles. The summed E-state index contributed by atoms with van der Waals surface area (Å²) in [4.78, 5) is 2.60. The van der Waals surface area contributed by atoms with Gasteiger partial charge in [0.2, 0.25) is 0 Å². The fraction of sp³-hybridized carbons (Fsp3) is 0.533. The lowest BCUT2D eigenvalue weighted by atomic mass is 10.1. The number of nitrogens with zero attached hydrogens (tertiary/aromatic N) is 2. The summed E-state index contributed by atoms with van der Waals surface area (Å²) in [6, 6.07) is 9.17. The summed E-state index contributed by atoms with van der Waals surface area (Å²) in [6.45, 7) is 3.33. The minimum atomic E-state index is 0.162. The molecule has 2 unspecified atom stereocenters. The fourth-order valence-electron chi connectivity index (χ4n) is 3.47. The predicted octanol–water partition coefficient (Wildman–Crippen LogP) is 1.11. The van der Waals surface area contributed by atoms with Crippen LogP contribution in [0.3, 0.4) is 0 Å². The van der Waals surface area contributed by atoms with E-state index in [0.29, 0.717) is 6.04 Å². The molecule has 2 fully saturated rings. The predicted molar refractivity (Wildman–Crippen MR) is 78.8 cm³/mol. The second-order valence-electron chi connectivity index (χ2n) is 5.71. The molecule has 0 bridgehead atoms. The van der Waals surface area contributed by atoms with Crippen molar-refractivity contribution in [3.63, 3.8) is 0 Å². The topological polar surface area (TPSA) is 73.9 Å². The molecule has 0 aromatic heterocycles. The van der Waals surface area contributed by atoms with Crippen LogP contribution in [0.1, 0.15) is 30.4 Å². The molecule has 1 aromatic rings. The van der Waals surface area contributed by atoms with Crippen molar-refractivity contribution >= 4 is 5.84 Å². The number of hydrogen-bond donors (Lipinski definition) is 3. The van der Waals surface area contributed by atoms with E-state index in [4.69, 9.17) is 10.9 Å². The number of hydrogen-bond acceptors (Lipinski definition) is 4. The van der Waals surface area contributed by atoms with E-state index in [-0.39, 0.29) is 5.84 Å². The van der Waals surface area contributed by atoms with Gasteiger partial charge in [-0.15, -0.1) is 0 Å². The summed E-state index contributed by atoms with van der Waals surface area (Å²) in [6.07, 6.45) is 3.90. The van der Waals surface area contributed by atoms with Crippen LogP contribution in [-0.4, -0.2) is 41.1 Å². The summed E-state index contributed by atoms with van der Waals surface area (Å²) < 4.78 is 0. The first-order valence-corrected chi connectivity index (χ1v) is 7.32. The average Bonchev–Trinajstić information content (AvgIpc) is 3.08. The van der Waals surface area contributed by atoms with Gasteiger partial charge in [-0.1, -0.05) is 23.4 Å². The van der Waals surface area contributed by atoms with Crippen molar-refractivity contribution in [2.75, 3.05) is 13.1 Å². The van der Waals surface area contributed by atoms with Crippen molar-refractivity contribution in [1.82, 2.24) is 10.2 Å². The van der Waals surface area contributed by atoms with Gasteiger partial charge in [0.05, 0.1) is 0 Å². The third-order valence-corrected chi connectivity index (χ3v) is 4.50. The van der Waals surface area contributed by atoms with Gasteiger partial charge >= 0.3 is 0 Å². The maximum Gasteiger partial charge on any atom is 0.170 e. The zero-order valence-electron chi connectivity index (χ0n) is 11.6. The van der Waals surface area contributed by atoms with Crippen molar-refractivity contribution in [3.05, 3.63) is 35.4 Å². The molecule has 2 atom stereocenters. The average molecular weight is 274 g/mol. The van der Waals surface area contributed by atoms with Gasteiger partial charge in [-0.05, 0) is 37.4 Å². The normalized spacial score (nSPS) is 26.9. The van der Waals surface area contributed by atoms with Gasteiger partial charge in [0.1, 0.15) is 0 Å². The Balaban J connectivity index is 1.61. The number of rotatable bonds is 4. The highest BCUT2D eigenvalue weighted by Crippen LogP contribution is 2.28. The van der Waals surface area contributed by atoms with Gasteiger partial charge in [0, 0.05) is 30.7 Å². The van der Waals surface area contributed by atoms with Gasteiger partial charge < -0.3 is 16.3 Å². The molecule has 0 aliphatic carbocycles. The highest BCUT2D eigenvalue weighted by atomic mass is 16.4. The molecule has 20 heavy (non-hydrogen) atoms. The van der Waals surface area contributed by atoms with Crippen molar-refractivity contribution < 1.29 is 5.21 Å². The zero-order valence-corrected chi connectivity index (χ0v) is 11.6. The Kier molecular flexibility index (Phi) is 3.89. The molecule has 108 valence electrons. The minimum Gasteiger partial charge on any atom is -0.409 e. The molecular formula is C15H22N4O. The summed E-state index contributed by atoms with van der Waals surface area (Å²) in [7, 11) is 0. The van der Waals surface area contributed by atoms with Gasteiger partial charge in [-0.25, -0.2) is 0 Å². The highest BCUT2D eigenvalue weighted by molar-refractivity contribution is 5.97. The summed E-state index contributed by atoms with van der Waals surface area (Å²) in [5.41, 5.74) is 7.56. The molecule has 2 aliphatic rings. The summed E-state index contributed by atoms with van der Waals surface area (Å²) in [5, 5.41) is 15.4. The third-order valence-electron chi connectivity index (χ3n) is 4.50. The quantitative estimate of drug-likeness (QED) is 0.333. The van der Waals surface area contributed by atoms with Gasteiger partial charge in [-0.2, -0.15) is 0 Å². The Morgan fingerprint density at radius 2 is 2.30 bits per heavy atom. The van der Waals surface area contributed by atoms with Gasteiger partial charge in [0.15, 0.2) is 5.84 Å². The lowest BCUT2D eigenvalue weighted by molar-refractivity contribution is 0.298. The molecule has 5 heteroatoms. The van der Waals surface area contributed by atoms with Crippen molar-refractivity contribution in [2.45, 2.75) is 37.9 Å². The number of oxime groups is 1. The molecule has 2 aliphatic heterocycles. The standard InChI is InChI=1S/C15H22N4O/c16-15(18-20)12-4-1-3-11(9-12)10-17-13-6-8-19-7-2-5-14(13)19/h1,3-4,9,13-14,17,20H,2,5-8,10H2,(H2,16,18). The highest BCUT2D eigenvalue weighted by Gasteiger charge is 2.36. The summed E-state index contributed by atoms with van der Waals surface area (Å²) >= 11 is 0. The van der Waals surface area contributed by atoms with Gasteiger partial charge in [0.25, 0.3) is 0 Å². The molecular weight excluding hydrogens is 252 g/mol. The monoisotopic (exact) mass is 274 g/mol. The molecule has 1 aromatic carbocycles. The SMILES string of the molecule is NC(=NO)c1cccc(CNC2CCN3CCCC23)c1. The number of nitrogens with two attached hydrogens (primary N) is 1. The third kappa shape index (κ3) is 2.64. The molecule has 0 radical (unpaired) electrons. The summed E-state index contributed by atoms with van der Waals surface area (Å²) in [5.74, 6) is 0.162. The van der Waals surface area contributed by atoms with E-state index >= 15 is 0 Å². The maximum atomic E-state index is 8.73. The van der Waals surface area contributed by atoms with E-state index in [9.17, 15) is 0 Å². The van der Waals surface area contributed by atoms with E-state index in [1.54, 1.807) is 0 Å². The van der Waals surface area contributed by atoms with Gasteiger partial charge in [-0.3, -0.25) is 4.90 Å². The lowest BCUT2D eigenvalue weighted by Gasteiger charge is -2.21. The number of nitrogens with one attached hydrogen (secondary N) is 1. The number of fused-ring (bicyclic) bond motifs is 1. The maximum absolute atomic E-state index is 8.73. The molecule has 0 amide bonds. The molecule has 0 spiro atoms. The Labute approximate surface area is 119 Å². The Morgan fingerprint density at radius 1 is 1.40 bits per heavy atom. The minimum absolute atomic E-state index is 0.162. The van der Waals surface area contributed by atoms with Crippen LogP contribution >= 0.6 is 0 Å². The van der Waals surface area contributed by atoms with Crippen molar-refractivity contribution in [1.29, 1.82) is 0 Å². The smallest absolute Gasteiger partial charge is 0.170 e. The lowest BCUT2D eigenvalue weighted by Crippen LogP contribution is -2.38.